The largest absolute Gasteiger partial charge is 0.358 e. The van der Waals surface area contributed by atoms with Crippen molar-refractivity contribution in [3.05, 3.63) is 23.2 Å². The normalized spacial score (nSPS) is 20.3. The van der Waals surface area contributed by atoms with Crippen LogP contribution in [0.4, 0.5) is 11.4 Å². The SMILES string of the molecule is O=C1CN(C2CCCC2)c2ccc(Cl)cc2N1. The van der Waals surface area contributed by atoms with Crippen LogP contribution in [-0.2, 0) is 4.79 Å². The predicted octanol–water partition coefficient (Wildman–Crippen LogP) is 3.04. The van der Waals surface area contributed by atoms with E-state index >= 15 is 0 Å². The molecule has 4 heteroatoms. The summed E-state index contributed by atoms with van der Waals surface area (Å²) in [5.41, 5.74) is 1.96. The lowest BCUT2D eigenvalue weighted by Crippen LogP contribution is -2.43. The van der Waals surface area contributed by atoms with Crippen LogP contribution in [0, 0.1) is 0 Å². The highest BCUT2D eigenvalue weighted by molar-refractivity contribution is 6.31. The Labute approximate surface area is 106 Å². The molecule has 1 fully saturated rings. The molecule has 0 saturated heterocycles. The Kier molecular flexibility index (Phi) is 2.71. The molecule has 17 heavy (non-hydrogen) atoms. The molecular formula is C13H15ClN2O. The molecule has 1 N–H and O–H groups in total. The number of carbonyl (C=O) groups excluding carboxylic acids is 1. The molecule has 3 nitrogen and oxygen atoms in total. The molecule has 0 radical (unpaired) electrons. The third-order valence-electron chi connectivity index (χ3n) is 3.62. The van der Waals surface area contributed by atoms with Crippen LogP contribution in [0.3, 0.4) is 0 Å². The summed E-state index contributed by atoms with van der Waals surface area (Å²) in [4.78, 5) is 13.9. The predicted molar refractivity (Wildman–Crippen MR) is 69.7 cm³/mol. The average Bonchev–Trinajstić information content (AvgIpc) is 2.80. The van der Waals surface area contributed by atoms with Crippen molar-refractivity contribution < 1.29 is 4.79 Å². The zero-order valence-electron chi connectivity index (χ0n) is 9.58. The average molecular weight is 251 g/mol. The number of amides is 1. The summed E-state index contributed by atoms with van der Waals surface area (Å²) < 4.78 is 0. The van der Waals surface area contributed by atoms with Gasteiger partial charge in [0.2, 0.25) is 5.91 Å². The molecule has 1 aliphatic carbocycles. The van der Waals surface area contributed by atoms with E-state index in [1.165, 1.54) is 25.7 Å². The van der Waals surface area contributed by atoms with Gasteiger partial charge in [0.1, 0.15) is 0 Å². The number of anilines is 2. The van der Waals surface area contributed by atoms with Crippen LogP contribution in [-0.4, -0.2) is 18.5 Å². The minimum absolute atomic E-state index is 0.0617. The molecule has 0 unspecified atom stereocenters. The van der Waals surface area contributed by atoms with E-state index in [2.05, 4.69) is 10.2 Å². The maximum Gasteiger partial charge on any atom is 0.243 e. The first-order valence-corrected chi connectivity index (χ1v) is 6.48. The molecule has 90 valence electrons. The molecule has 1 amide bonds. The first kappa shape index (κ1) is 10.9. The van der Waals surface area contributed by atoms with Crippen molar-refractivity contribution in [1.82, 2.24) is 0 Å². The van der Waals surface area contributed by atoms with E-state index in [4.69, 9.17) is 11.6 Å². The van der Waals surface area contributed by atoms with Gasteiger partial charge in [0.15, 0.2) is 0 Å². The topological polar surface area (TPSA) is 32.3 Å². The lowest BCUT2D eigenvalue weighted by atomic mass is 10.1. The second-order valence-electron chi connectivity index (χ2n) is 4.78. The Hall–Kier alpha value is -1.22. The van der Waals surface area contributed by atoms with Crippen molar-refractivity contribution in [2.24, 2.45) is 0 Å². The number of rotatable bonds is 1. The molecule has 1 heterocycles. The van der Waals surface area contributed by atoms with Gasteiger partial charge in [-0.25, -0.2) is 0 Å². The van der Waals surface area contributed by atoms with E-state index in [0.29, 0.717) is 17.6 Å². The summed E-state index contributed by atoms with van der Waals surface area (Å²) in [6.07, 6.45) is 4.92. The molecule has 0 bridgehead atoms. The molecule has 1 aliphatic heterocycles. The number of nitrogens with one attached hydrogen (secondary N) is 1. The van der Waals surface area contributed by atoms with Crippen molar-refractivity contribution in [2.75, 3.05) is 16.8 Å². The van der Waals surface area contributed by atoms with Crippen LogP contribution < -0.4 is 10.2 Å². The molecule has 2 aliphatic rings. The monoisotopic (exact) mass is 250 g/mol. The fourth-order valence-electron chi connectivity index (χ4n) is 2.83. The van der Waals surface area contributed by atoms with E-state index in [9.17, 15) is 4.79 Å². The molecule has 1 aromatic carbocycles. The van der Waals surface area contributed by atoms with Gasteiger partial charge in [0, 0.05) is 11.1 Å². The molecule has 1 aromatic rings. The summed E-state index contributed by atoms with van der Waals surface area (Å²) in [5, 5.41) is 3.55. The third-order valence-corrected chi connectivity index (χ3v) is 3.86. The van der Waals surface area contributed by atoms with Crippen LogP contribution >= 0.6 is 11.6 Å². The second kappa shape index (κ2) is 4.22. The quantitative estimate of drug-likeness (QED) is 0.831. The number of carbonyl (C=O) groups is 1. The Morgan fingerprint density at radius 1 is 1.29 bits per heavy atom. The number of nitrogens with zero attached hydrogens (tertiary/aromatic N) is 1. The second-order valence-corrected chi connectivity index (χ2v) is 5.21. The highest BCUT2D eigenvalue weighted by atomic mass is 35.5. The molecule has 0 spiro atoms. The maximum absolute atomic E-state index is 11.7. The molecule has 1 saturated carbocycles. The summed E-state index contributed by atoms with van der Waals surface area (Å²) in [6.45, 7) is 0.472. The van der Waals surface area contributed by atoms with Crippen LogP contribution in [0.2, 0.25) is 5.02 Å². The molecular weight excluding hydrogens is 236 g/mol. The van der Waals surface area contributed by atoms with Crippen LogP contribution in [0.25, 0.3) is 0 Å². The summed E-state index contributed by atoms with van der Waals surface area (Å²) in [6, 6.07) is 6.24. The summed E-state index contributed by atoms with van der Waals surface area (Å²) in [5.74, 6) is 0.0617. The number of fused-ring (bicyclic) bond motifs is 1. The van der Waals surface area contributed by atoms with Crippen molar-refractivity contribution >= 4 is 28.9 Å². The molecule has 3 rings (SSSR count). The van der Waals surface area contributed by atoms with Gasteiger partial charge in [-0.1, -0.05) is 24.4 Å². The smallest absolute Gasteiger partial charge is 0.243 e. The molecule has 0 aromatic heterocycles. The first-order valence-electron chi connectivity index (χ1n) is 6.10. The van der Waals surface area contributed by atoms with Gasteiger partial charge in [0.25, 0.3) is 0 Å². The zero-order valence-corrected chi connectivity index (χ0v) is 10.3. The first-order chi connectivity index (χ1) is 8.24. The Morgan fingerprint density at radius 3 is 2.82 bits per heavy atom. The fourth-order valence-corrected chi connectivity index (χ4v) is 3.00. The van der Waals surface area contributed by atoms with Gasteiger partial charge >= 0.3 is 0 Å². The minimum atomic E-state index is 0.0617. The number of halogens is 1. The number of hydrogen-bond acceptors (Lipinski definition) is 2. The van der Waals surface area contributed by atoms with Gasteiger partial charge in [-0.05, 0) is 31.0 Å². The van der Waals surface area contributed by atoms with Crippen LogP contribution in [0.1, 0.15) is 25.7 Å². The van der Waals surface area contributed by atoms with E-state index in [1.807, 2.05) is 18.2 Å². The lowest BCUT2D eigenvalue weighted by Gasteiger charge is -2.35. The van der Waals surface area contributed by atoms with Crippen molar-refractivity contribution in [2.45, 2.75) is 31.7 Å². The molecule has 0 atom stereocenters. The van der Waals surface area contributed by atoms with E-state index in [1.54, 1.807) is 0 Å². The van der Waals surface area contributed by atoms with E-state index in [-0.39, 0.29) is 5.91 Å². The fraction of sp³-hybridized carbons (Fsp3) is 0.462. The van der Waals surface area contributed by atoms with E-state index in [0.717, 1.165) is 11.4 Å². The Bertz CT molecular complexity index is 455. The third kappa shape index (κ3) is 2.00. The van der Waals surface area contributed by atoms with Gasteiger partial charge in [-0.3, -0.25) is 4.79 Å². The lowest BCUT2D eigenvalue weighted by molar-refractivity contribution is -0.115. The van der Waals surface area contributed by atoms with Gasteiger partial charge in [-0.2, -0.15) is 0 Å². The Balaban J connectivity index is 1.98. The maximum atomic E-state index is 11.7. The summed E-state index contributed by atoms with van der Waals surface area (Å²) >= 11 is 5.96. The van der Waals surface area contributed by atoms with Gasteiger partial charge in [0.05, 0.1) is 17.9 Å². The van der Waals surface area contributed by atoms with Crippen LogP contribution in [0.5, 0.6) is 0 Å². The van der Waals surface area contributed by atoms with Crippen LogP contribution in [0.15, 0.2) is 18.2 Å². The van der Waals surface area contributed by atoms with Crippen molar-refractivity contribution in [1.29, 1.82) is 0 Å². The highest BCUT2D eigenvalue weighted by Crippen LogP contribution is 2.36. The van der Waals surface area contributed by atoms with Crippen molar-refractivity contribution in [3.63, 3.8) is 0 Å². The standard InChI is InChI=1S/C13H15ClN2O/c14-9-5-6-12-11(7-9)15-13(17)8-16(12)10-3-1-2-4-10/h5-7,10H,1-4,8H2,(H,15,17). The number of benzene rings is 1. The van der Waals surface area contributed by atoms with Gasteiger partial charge in [-0.15, -0.1) is 0 Å². The highest BCUT2D eigenvalue weighted by Gasteiger charge is 2.29. The van der Waals surface area contributed by atoms with Crippen molar-refractivity contribution in [3.8, 4) is 0 Å². The zero-order chi connectivity index (χ0) is 11.8. The summed E-state index contributed by atoms with van der Waals surface area (Å²) in [7, 11) is 0. The van der Waals surface area contributed by atoms with E-state index < -0.39 is 0 Å². The van der Waals surface area contributed by atoms with Gasteiger partial charge < -0.3 is 10.2 Å². The minimum Gasteiger partial charge on any atom is -0.358 e. The Morgan fingerprint density at radius 2 is 2.06 bits per heavy atom. The number of hydrogen-bond donors (Lipinski definition) is 1.